The molecule has 0 bridgehead atoms. The minimum Gasteiger partial charge on any atom is -0.472 e. The van der Waals surface area contributed by atoms with E-state index in [-0.39, 0.29) is 30.1 Å². The lowest BCUT2D eigenvalue weighted by Crippen LogP contribution is -2.36. The first-order valence-corrected chi connectivity index (χ1v) is 6.65. The van der Waals surface area contributed by atoms with Gasteiger partial charge in [0.05, 0.1) is 18.1 Å². The van der Waals surface area contributed by atoms with E-state index >= 15 is 0 Å². The van der Waals surface area contributed by atoms with Crippen LogP contribution in [-0.2, 0) is 10.6 Å². The van der Waals surface area contributed by atoms with E-state index in [1.54, 1.807) is 6.07 Å². The van der Waals surface area contributed by atoms with E-state index in [0.717, 1.165) is 12.8 Å². The van der Waals surface area contributed by atoms with Gasteiger partial charge in [-0.25, -0.2) is 9.37 Å². The summed E-state index contributed by atoms with van der Waals surface area (Å²) in [6.45, 7) is 3.98. The van der Waals surface area contributed by atoms with Gasteiger partial charge in [-0.2, -0.15) is 0 Å². The third-order valence-electron chi connectivity index (χ3n) is 3.01. The molecule has 1 aromatic heterocycles. The second-order valence-corrected chi connectivity index (χ2v) is 4.96. The van der Waals surface area contributed by atoms with Gasteiger partial charge in [0.2, 0.25) is 0 Å². The number of alkyl halides is 1. The number of aromatic nitrogens is 1. The summed E-state index contributed by atoms with van der Waals surface area (Å²) >= 11 is 5.65. The molecule has 0 spiro atoms. The summed E-state index contributed by atoms with van der Waals surface area (Å²) in [5.41, 5.74) is 0.412. The van der Waals surface area contributed by atoms with Crippen LogP contribution in [0.2, 0.25) is 0 Å². The Balaban J connectivity index is 2.09. The van der Waals surface area contributed by atoms with Gasteiger partial charge in [-0.1, -0.05) is 0 Å². The number of nitrogens with zero attached hydrogens (tertiary/aromatic N) is 1. The van der Waals surface area contributed by atoms with E-state index in [2.05, 4.69) is 4.98 Å². The molecule has 0 aromatic carbocycles. The van der Waals surface area contributed by atoms with Crippen molar-refractivity contribution in [3.63, 3.8) is 0 Å². The van der Waals surface area contributed by atoms with Crippen LogP contribution in [0.15, 0.2) is 12.3 Å². The Morgan fingerprint density at radius 3 is 2.72 bits per heavy atom. The van der Waals surface area contributed by atoms with Crippen molar-refractivity contribution in [1.29, 1.82) is 0 Å². The first kappa shape index (κ1) is 13.6. The molecular weight excluding hydrogens is 257 g/mol. The van der Waals surface area contributed by atoms with Crippen molar-refractivity contribution in [2.75, 3.05) is 0 Å². The fraction of sp³-hybridized carbons (Fsp3) is 0.615. The number of rotatable bonds is 3. The van der Waals surface area contributed by atoms with Crippen LogP contribution < -0.4 is 4.74 Å². The Labute approximate surface area is 111 Å². The lowest BCUT2D eigenvalue weighted by molar-refractivity contribution is -0.0736. The van der Waals surface area contributed by atoms with Crippen LogP contribution in [0.3, 0.4) is 0 Å². The minimum absolute atomic E-state index is 0.0412. The molecule has 0 saturated carbocycles. The predicted molar refractivity (Wildman–Crippen MR) is 67.4 cm³/mol. The quantitative estimate of drug-likeness (QED) is 0.792. The zero-order valence-corrected chi connectivity index (χ0v) is 11.3. The summed E-state index contributed by atoms with van der Waals surface area (Å²) in [5.74, 6) is -0.301. The van der Waals surface area contributed by atoms with Crippen molar-refractivity contribution in [2.45, 2.75) is 50.9 Å². The number of ether oxygens (including phenoxy) is 2. The van der Waals surface area contributed by atoms with E-state index in [0.29, 0.717) is 5.56 Å². The van der Waals surface area contributed by atoms with Gasteiger partial charge < -0.3 is 9.47 Å². The number of hydrogen-bond acceptors (Lipinski definition) is 3. The van der Waals surface area contributed by atoms with Crippen LogP contribution in [0.25, 0.3) is 0 Å². The monoisotopic (exact) mass is 273 g/mol. The summed E-state index contributed by atoms with van der Waals surface area (Å²) < 4.78 is 25.2. The SMILES string of the molecule is CC1CC(Oc2nccc(CCl)c2F)CC(C)O1. The van der Waals surface area contributed by atoms with Crippen molar-refractivity contribution in [3.8, 4) is 5.88 Å². The van der Waals surface area contributed by atoms with Gasteiger partial charge in [-0.05, 0) is 19.9 Å². The Morgan fingerprint density at radius 1 is 1.44 bits per heavy atom. The third kappa shape index (κ3) is 3.12. The van der Waals surface area contributed by atoms with Crippen LogP contribution in [0.1, 0.15) is 32.3 Å². The molecule has 1 saturated heterocycles. The van der Waals surface area contributed by atoms with Gasteiger partial charge in [0.25, 0.3) is 5.88 Å². The number of halogens is 2. The molecule has 2 heterocycles. The zero-order valence-electron chi connectivity index (χ0n) is 10.5. The van der Waals surface area contributed by atoms with E-state index in [9.17, 15) is 4.39 Å². The molecule has 0 amide bonds. The Morgan fingerprint density at radius 2 is 2.11 bits per heavy atom. The summed E-state index contributed by atoms with van der Waals surface area (Å²) in [5, 5.41) is 0. The molecule has 18 heavy (non-hydrogen) atoms. The van der Waals surface area contributed by atoms with E-state index in [4.69, 9.17) is 21.1 Å². The fourth-order valence-electron chi connectivity index (χ4n) is 2.25. The molecule has 0 radical (unpaired) electrons. The molecule has 100 valence electrons. The van der Waals surface area contributed by atoms with E-state index in [1.807, 2.05) is 13.8 Å². The third-order valence-corrected chi connectivity index (χ3v) is 3.30. The number of pyridine rings is 1. The molecule has 5 heteroatoms. The van der Waals surface area contributed by atoms with Crippen molar-refractivity contribution in [3.05, 3.63) is 23.6 Å². The Bertz CT molecular complexity index is 406. The van der Waals surface area contributed by atoms with Crippen molar-refractivity contribution in [1.82, 2.24) is 4.98 Å². The van der Waals surface area contributed by atoms with Crippen LogP contribution >= 0.6 is 11.6 Å². The second kappa shape index (κ2) is 5.85. The van der Waals surface area contributed by atoms with Crippen LogP contribution in [0.5, 0.6) is 5.88 Å². The molecule has 0 N–H and O–H groups in total. The molecule has 1 fully saturated rings. The minimum atomic E-state index is -0.459. The highest BCUT2D eigenvalue weighted by atomic mass is 35.5. The molecular formula is C13H17ClFNO2. The average Bonchev–Trinajstić information content (AvgIpc) is 2.30. The lowest BCUT2D eigenvalue weighted by atomic mass is 10.0. The Hall–Kier alpha value is -0.870. The first-order chi connectivity index (χ1) is 8.60. The van der Waals surface area contributed by atoms with Crippen molar-refractivity contribution < 1.29 is 13.9 Å². The molecule has 0 aliphatic carbocycles. The topological polar surface area (TPSA) is 31.4 Å². The van der Waals surface area contributed by atoms with Gasteiger partial charge in [-0.3, -0.25) is 0 Å². The highest BCUT2D eigenvalue weighted by Crippen LogP contribution is 2.26. The molecule has 1 aromatic rings. The fourth-order valence-corrected chi connectivity index (χ4v) is 2.45. The van der Waals surface area contributed by atoms with Gasteiger partial charge in [0, 0.05) is 24.6 Å². The number of hydrogen-bond donors (Lipinski definition) is 0. The summed E-state index contributed by atoms with van der Waals surface area (Å²) in [6, 6.07) is 1.56. The standard InChI is InChI=1S/C13H17ClFNO2/c1-8-5-11(6-9(2)17-8)18-13-12(15)10(7-14)3-4-16-13/h3-4,8-9,11H,5-7H2,1-2H3. The predicted octanol–water partition coefficient (Wildman–Crippen LogP) is 3.29. The van der Waals surface area contributed by atoms with Crippen LogP contribution in [0.4, 0.5) is 4.39 Å². The van der Waals surface area contributed by atoms with Gasteiger partial charge in [0.1, 0.15) is 6.10 Å². The second-order valence-electron chi connectivity index (χ2n) is 4.69. The van der Waals surface area contributed by atoms with Crippen molar-refractivity contribution >= 4 is 11.6 Å². The molecule has 3 nitrogen and oxygen atoms in total. The maximum absolute atomic E-state index is 13.9. The molecule has 1 aliphatic rings. The molecule has 2 unspecified atom stereocenters. The Kier molecular flexibility index (Phi) is 4.40. The van der Waals surface area contributed by atoms with Gasteiger partial charge in [0.15, 0.2) is 5.82 Å². The van der Waals surface area contributed by atoms with E-state index < -0.39 is 5.82 Å². The van der Waals surface area contributed by atoms with Gasteiger partial charge in [-0.15, -0.1) is 11.6 Å². The molecule has 2 atom stereocenters. The van der Waals surface area contributed by atoms with Crippen molar-refractivity contribution in [2.24, 2.45) is 0 Å². The first-order valence-electron chi connectivity index (χ1n) is 6.11. The smallest absolute Gasteiger partial charge is 0.250 e. The summed E-state index contributed by atoms with van der Waals surface area (Å²) in [6.07, 6.45) is 3.20. The zero-order chi connectivity index (χ0) is 13.1. The molecule has 2 rings (SSSR count). The van der Waals surface area contributed by atoms with Crippen LogP contribution in [-0.4, -0.2) is 23.3 Å². The largest absolute Gasteiger partial charge is 0.472 e. The maximum Gasteiger partial charge on any atom is 0.250 e. The lowest BCUT2D eigenvalue weighted by Gasteiger charge is -2.32. The summed E-state index contributed by atoms with van der Waals surface area (Å²) in [4.78, 5) is 3.93. The van der Waals surface area contributed by atoms with Gasteiger partial charge >= 0.3 is 0 Å². The molecule has 1 aliphatic heterocycles. The average molecular weight is 274 g/mol. The maximum atomic E-state index is 13.9. The highest BCUT2D eigenvalue weighted by molar-refractivity contribution is 6.17. The normalized spacial score (nSPS) is 28.1. The highest BCUT2D eigenvalue weighted by Gasteiger charge is 2.27. The summed E-state index contributed by atoms with van der Waals surface area (Å²) in [7, 11) is 0. The van der Waals surface area contributed by atoms with Crippen LogP contribution in [0, 0.1) is 5.82 Å². The van der Waals surface area contributed by atoms with E-state index in [1.165, 1.54) is 6.20 Å².